The average molecular weight is 426 g/mol. The Morgan fingerprint density at radius 3 is 2.86 bits per heavy atom. The number of carbonyl (C=O) groups is 1. The molecule has 1 aromatic heterocycles. The van der Waals surface area contributed by atoms with Gasteiger partial charge in [0, 0.05) is 23.7 Å². The molecule has 1 amide bonds. The number of rotatable bonds is 5. The van der Waals surface area contributed by atoms with Crippen molar-refractivity contribution < 1.29 is 22.7 Å². The van der Waals surface area contributed by atoms with Crippen molar-refractivity contribution in [2.75, 3.05) is 25.0 Å². The number of hydrogen-bond donors (Lipinski definition) is 1. The Kier molecular flexibility index (Phi) is 5.95. The van der Waals surface area contributed by atoms with Crippen LogP contribution in [0.25, 0.3) is 0 Å². The molecule has 2 heterocycles. The third kappa shape index (κ3) is 4.31. The first-order valence-corrected chi connectivity index (χ1v) is 10.5. The number of ether oxygens (including phenoxy) is 2. The lowest BCUT2D eigenvalue weighted by atomic mass is 10.1. The van der Waals surface area contributed by atoms with Gasteiger partial charge >= 0.3 is 6.09 Å². The molecule has 2 aromatic rings. The van der Waals surface area contributed by atoms with Crippen LogP contribution >= 0.6 is 11.6 Å². The van der Waals surface area contributed by atoms with E-state index in [1.54, 1.807) is 24.0 Å². The van der Waals surface area contributed by atoms with E-state index >= 15 is 0 Å². The molecule has 1 aliphatic rings. The van der Waals surface area contributed by atoms with Crippen LogP contribution in [-0.4, -0.2) is 44.7 Å². The highest BCUT2D eigenvalue weighted by Crippen LogP contribution is 2.29. The Labute approximate surface area is 168 Å². The number of halogens is 1. The number of nitrogens with zero attached hydrogens (tertiary/aromatic N) is 2. The maximum atomic E-state index is 12.8. The molecule has 28 heavy (non-hydrogen) atoms. The number of anilines is 1. The van der Waals surface area contributed by atoms with Gasteiger partial charge in [-0.1, -0.05) is 11.6 Å². The van der Waals surface area contributed by atoms with Crippen LogP contribution < -0.4 is 9.46 Å². The summed E-state index contributed by atoms with van der Waals surface area (Å²) in [6.45, 7) is 2.84. The van der Waals surface area contributed by atoms with Gasteiger partial charge in [-0.15, -0.1) is 0 Å². The predicted octanol–water partition coefficient (Wildman–Crippen LogP) is 3.06. The molecule has 150 valence electrons. The highest BCUT2D eigenvalue weighted by molar-refractivity contribution is 7.92. The lowest BCUT2D eigenvalue weighted by molar-refractivity contribution is 0.102. The topological polar surface area (TPSA) is 97.8 Å². The molecular formula is C18H20ClN3O5S. The van der Waals surface area contributed by atoms with Gasteiger partial charge in [0.1, 0.15) is 10.6 Å². The number of carbonyl (C=O) groups excluding carboxylic acids is 1. The number of amides is 1. The Morgan fingerprint density at radius 1 is 1.36 bits per heavy atom. The zero-order chi connectivity index (χ0) is 20.3. The van der Waals surface area contributed by atoms with E-state index < -0.39 is 16.1 Å². The molecule has 1 N–H and O–H groups in total. The van der Waals surface area contributed by atoms with E-state index in [9.17, 15) is 13.2 Å². The van der Waals surface area contributed by atoms with Gasteiger partial charge in [0.05, 0.1) is 32.1 Å². The number of sulfonamides is 1. The highest BCUT2D eigenvalue weighted by Gasteiger charge is 2.24. The summed E-state index contributed by atoms with van der Waals surface area (Å²) in [5, 5.41) is 0.273. The van der Waals surface area contributed by atoms with Gasteiger partial charge in [0.15, 0.2) is 0 Å². The Hall–Kier alpha value is -2.52. The molecule has 1 aliphatic heterocycles. The maximum Gasteiger partial charge on any atom is 0.410 e. The first kappa shape index (κ1) is 20.2. The zero-order valence-corrected chi connectivity index (χ0v) is 17.0. The minimum absolute atomic E-state index is 0.0756. The maximum absolute atomic E-state index is 12.8. The number of benzene rings is 1. The van der Waals surface area contributed by atoms with Gasteiger partial charge in [-0.2, -0.15) is 0 Å². The molecule has 0 spiro atoms. The number of hydrogen-bond acceptors (Lipinski definition) is 6. The summed E-state index contributed by atoms with van der Waals surface area (Å²) in [6.07, 6.45) is 1.62. The summed E-state index contributed by atoms with van der Waals surface area (Å²) in [7, 11) is -2.57. The van der Waals surface area contributed by atoms with Crippen molar-refractivity contribution in [2.45, 2.75) is 24.8 Å². The largest absolute Gasteiger partial charge is 0.495 e. The molecule has 8 nitrogen and oxygen atoms in total. The van der Waals surface area contributed by atoms with E-state index in [2.05, 4.69) is 9.71 Å². The van der Waals surface area contributed by atoms with Gasteiger partial charge < -0.3 is 14.4 Å². The van der Waals surface area contributed by atoms with Gasteiger partial charge in [0.2, 0.25) is 0 Å². The van der Waals surface area contributed by atoms with E-state index in [1.165, 1.54) is 25.4 Å². The molecule has 10 heteroatoms. The fourth-order valence-corrected chi connectivity index (χ4v) is 4.39. The van der Waals surface area contributed by atoms with Crippen LogP contribution in [0.5, 0.6) is 5.75 Å². The van der Waals surface area contributed by atoms with E-state index in [0.29, 0.717) is 26.1 Å². The standard InChI is InChI=1S/C18H20ClN3O5S/c1-3-27-18(23)22-7-6-15-12(11-22)8-14(10-20-15)21-28(24,25)17-9-13(19)4-5-16(17)26-2/h4-5,8-10,21H,3,6-7,11H2,1-2H3. The van der Waals surface area contributed by atoms with Crippen LogP contribution in [0.3, 0.4) is 0 Å². The smallest absolute Gasteiger partial charge is 0.410 e. The third-order valence-corrected chi connectivity index (χ3v) is 5.87. The molecule has 0 atom stereocenters. The van der Waals surface area contributed by atoms with Crippen LogP contribution in [0.2, 0.25) is 5.02 Å². The molecule has 0 unspecified atom stereocenters. The zero-order valence-electron chi connectivity index (χ0n) is 15.4. The Bertz CT molecular complexity index is 997. The number of pyridine rings is 1. The van der Waals surface area contributed by atoms with Crippen molar-refractivity contribution in [2.24, 2.45) is 0 Å². The van der Waals surface area contributed by atoms with Gasteiger partial charge in [-0.3, -0.25) is 9.71 Å². The predicted molar refractivity (Wildman–Crippen MR) is 104 cm³/mol. The van der Waals surface area contributed by atoms with E-state index in [0.717, 1.165) is 11.3 Å². The fraction of sp³-hybridized carbons (Fsp3) is 0.333. The van der Waals surface area contributed by atoms with Crippen molar-refractivity contribution in [3.8, 4) is 5.75 Å². The third-order valence-electron chi connectivity index (χ3n) is 4.23. The van der Waals surface area contributed by atoms with Crippen LogP contribution in [0.4, 0.5) is 10.5 Å². The molecule has 3 rings (SSSR count). The van der Waals surface area contributed by atoms with Crippen LogP contribution in [0, 0.1) is 0 Å². The number of methoxy groups -OCH3 is 1. The molecule has 0 bridgehead atoms. The first-order valence-electron chi connectivity index (χ1n) is 8.60. The molecule has 1 aromatic carbocycles. The summed E-state index contributed by atoms with van der Waals surface area (Å²) >= 11 is 5.94. The summed E-state index contributed by atoms with van der Waals surface area (Å²) in [5.74, 6) is 0.177. The minimum atomic E-state index is -3.95. The van der Waals surface area contributed by atoms with Crippen LogP contribution in [0.1, 0.15) is 18.2 Å². The van der Waals surface area contributed by atoms with Crippen molar-refractivity contribution >= 4 is 33.4 Å². The molecule has 0 radical (unpaired) electrons. The second-order valence-corrected chi connectivity index (χ2v) is 8.19. The first-order chi connectivity index (χ1) is 13.3. The molecule has 0 aliphatic carbocycles. The summed E-state index contributed by atoms with van der Waals surface area (Å²) < 4.78 is 38.2. The SMILES string of the molecule is CCOC(=O)N1CCc2ncc(NS(=O)(=O)c3cc(Cl)ccc3OC)cc2C1. The van der Waals surface area contributed by atoms with Crippen LogP contribution in [0.15, 0.2) is 35.4 Å². The molecular weight excluding hydrogens is 406 g/mol. The van der Waals surface area contributed by atoms with E-state index in [4.69, 9.17) is 21.1 Å². The van der Waals surface area contributed by atoms with Gasteiger partial charge in [0.25, 0.3) is 10.0 Å². The Morgan fingerprint density at radius 2 is 2.14 bits per heavy atom. The molecule has 0 fully saturated rings. The van der Waals surface area contributed by atoms with Crippen LogP contribution in [-0.2, 0) is 27.7 Å². The summed E-state index contributed by atoms with van der Waals surface area (Å²) in [5.41, 5.74) is 1.87. The van der Waals surface area contributed by atoms with Crippen molar-refractivity contribution in [1.82, 2.24) is 9.88 Å². The lowest BCUT2D eigenvalue weighted by Gasteiger charge is -2.27. The monoisotopic (exact) mass is 425 g/mol. The second-order valence-electron chi connectivity index (χ2n) is 6.10. The Balaban J connectivity index is 1.85. The number of fused-ring (bicyclic) bond motifs is 1. The van der Waals surface area contributed by atoms with Crippen molar-refractivity contribution in [3.05, 3.63) is 46.7 Å². The van der Waals surface area contributed by atoms with Crippen molar-refractivity contribution in [1.29, 1.82) is 0 Å². The van der Waals surface area contributed by atoms with Crippen molar-refractivity contribution in [3.63, 3.8) is 0 Å². The lowest BCUT2D eigenvalue weighted by Crippen LogP contribution is -2.36. The summed E-state index contributed by atoms with van der Waals surface area (Å²) in [4.78, 5) is 17.8. The van der Waals surface area contributed by atoms with Gasteiger partial charge in [-0.25, -0.2) is 13.2 Å². The number of nitrogens with one attached hydrogen (secondary N) is 1. The highest BCUT2D eigenvalue weighted by atomic mass is 35.5. The van der Waals surface area contributed by atoms with E-state index in [-0.39, 0.29) is 21.4 Å². The fourth-order valence-electron chi connectivity index (χ4n) is 2.92. The number of aromatic nitrogens is 1. The van der Waals surface area contributed by atoms with Gasteiger partial charge in [-0.05, 0) is 36.8 Å². The average Bonchev–Trinajstić information content (AvgIpc) is 2.67. The minimum Gasteiger partial charge on any atom is -0.495 e. The second kappa shape index (κ2) is 8.24. The van der Waals surface area contributed by atoms with E-state index in [1.807, 2.05) is 0 Å². The normalized spacial score (nSPS) is 13.6. The molecule has 0 saturated carbocycles. The molecule has 0 saturated heterocycles. The quantitative estimate of drug-likeness (QED) is 0.790. The summed E-state index contributed by atoms with van der Waals surface area (Å²) in [6, 6.07) is 6.02.